The van der Waals surface area contributed by atoms with Crippen LogP contribution in [0.3, 0.4) is 0 Å². The summed E-state index contributed by atoms with van der Waals surface area (Å²) in [6.45, 7) is 6.25. The van der Waals surface area contributed by atoms with E-state index in [-0.39, 0.29) is 18.2 Å². The number of rotatable bonds is 5. The van der Waals surface area contributed by atoms with Gasteiger partial charge in [-0.1, -0.05) is 13.5 Å². The molecule has 0 N–H and O–H groups in total. The summed E-state index contributed by atoms with van der Waals surface area (Å²) in [4.78, 5) is 11.0. The van der Waals surface area contributed by atoms with E-state index in [1.807, 2.05) is 6.92 Å². The predicted molar refractivity (Wildman–Crippen MR) is 58.6 cm³/mol. The topological polar surface area (TPSA) is 35.5 Å². The van der Waals surface area contributed by atoms with Crippen LogP contribution in [-0.2, 0) is 14.3 Å². The maximum Gasteiger partial charge on any atom is 0.330 e. The molecule has 1 saturated heterocycles. The molecule has 0 bridgehead atoms. The molecule has 0 aliphatic carbocycles. The fraction of sp³-hybridized carbons (Fsp3) is 0.750. The van der Waals surface area contributed by atoms with E-state index in [9.17, 15) is 4.79 Å². The number of carbonyl (C=O) groups excluding carboxylic acids is 1. The Kier molecular flexibility index (Phi) is 5.40. The predicted octanol–water partition coefficient (Wildman–Crippen LogP) is 2.45. The van der Waals surface area contributed by atoms with E-state index in [2.05, 4.69) is 6.58 Å². The number of carbonyl (C=O) groups is 1. The molecule has 0 spiro atoms. The van der Waals surface area contributed by atoms with Gasteiger partial charge in [0, 0.05) is 19.1 Å². The van der Waals surface area contributed by atoms with Crippen LogP contribution in [0.2, 0.25) is 0 Å². The molecule has 1 heterocycles. The normalized spacial score (nSPS) is 23.1. The van der Waals surface area contributed by atoms with Crippen molar-refractivity contribution in [2.45, 2.75) is 51.2 Å². The Balaban J connectivity index is 2.31. The lowest BCUT2D eigenvalue weighted by atomic mass is 10.0. The molecule has 1 fully saturated rings. The van der Waals surface area contributed by atoms with E-state index in [1.54, 1.807) is 0 Å². The van der Waals surface area contributed by atoms with Crippen LogP contribution in [0.1, 0.15) is 39.0 Å². The van der Waals surface area contributed by atoms with Gasteiger partial charge in [-0.25, -0.2) is 4.79 Å². The first-order chi connectivity index (χ1) is 7.26. The molecule has 3 nitrogen and oxygen atoms in total. The molecule has 0 radical (unpaired) electrons. The highest BCUT2D eigenvalue weighted by molar-refractivity contribution is 5.81. The second kappa shape index (κ2) is 6.62. The second-order valence-corrected chi connectivity index (χ2v) is 3.90. The van der Waals surface area contributed by atoms with Gasteiger partial charge in [0.05, 0.1) is 6.10 Å². The van der Waals surface area contributed by atoms with Crippen molar-refractivity contribution in [3.63, 3.8) is 0 Å². The highest BCUT2D eigenvalue weighted by atomic mass is 16.5. The highest BCUT2D eigenvalue weighted by Gasteiger charge is 2.20. The minimum atomic E-state index is -0.336. The van der Waals surface area contributed by atoms with Crippen molar-refractivity contribution in [2.75, 3.05) is 6.61 Å². The van der Waals surface area contributed by atoms with Gasteiger partial charge >= 0.3 is 5.97 Å². The Labute approximate surface area is 91.4 Å². The third-order valence-electron chi connectivity index (χ3n) is 2.70. The van der Waals surface area contributed by atoms with E-state index in [0.29, 0.717) is 0 Å². The van der Waals surface area contributed by atoms with Crippen molar-refractivity contribution in [1.29, 1.82) is 0 Å². The molecule has 3 heteroatoms. The summed E-state index contributed by atoms with van der Waals surface area (Å²) < 4.78 is 10.8. The first kappa shape index (κ1) is 12.2. The minimum absolute atomic E-state index is 0.0291. The molecule has 2 unspecified atom stereocenters. The van der Waals surface area contributed by atoms with E-state index < -0.39 is 0 Å². The first-order valence-electron chi connectivity index (χ1n) is 5.71. The van der Waals surface area contributed by atoms with Crippen LogP contribution in [0.4, 0.5) is 0 Å². The minimum Gasteiger partial charge on any atom is -0.459 e. The van der Waals surface area contributed by atoms with E-state index in [0.717, 1.165) is 32.3 Å². The maximum absolute atomic E-state index is 11.0. The molecular weight excluding hydrogens is 192 g/mol. The third-order valence-corrected chi connectivity index (χ3v) is 2.70. The van der Waals surface area contributed by atoms with Crippen LogP contribution < -0.4 is 0 Å². The number of hydrogen-bond acceptors (Lipinski definition) is 3. The van der Waals surface area contributed by atoms with Crippen molar-refractivity contribution >= 4 is 5.97 Å². The summed E-state index contributed by atoms with van der Waals surface area (Å²) in [6, 6.07) is 0. The maximum atomic E-state index is 11.0. The number of ether oxygens (including phenoxy) is 2. The molecule has 1 aliphatic rings. The van der Waals surface area contributed by atoms with E-state index >= 15 is 0 Å². The van der Waals surface area contributed by atoms with Crippen molar-refractivity contribution in [2.24, 2.45) is 0 Å². The van der Waals surface area contributed by atoms with Crippen LogP contribution >= 0.6 is 0 Å². The van der Waals surface area contributed by atoms with Crippen LogP contribution in [-0.4, -0.2) is 24.8 Å². The molecule has 0 amide bonds. The van der Waals surface area contributed by atoms with Crippen molar-refractivity contribution in [3.8, 4) is 0 Å². The standard InChI is InChI=1S/C12H20O3/c1-3-10(15-12(13)4-2)9-11-7-5-6-8-14-11/h4,10-11H,2-3,5-9H2,1H3. The van der Waals surface area contributed by atoms with Crippen LogP contribution in [0.15, 0.2) is 12.7 Å². The molecule has 0 aromatic carbocycles. The Morgan fingerprint density at radius 1 is 1.67 bits per heavy atom. The SMILES string of the molecule is C=CC(=O)OC(CC)CC1CCCCO1. The van der Waals surface area contributed by atoms with Gasteiger partial charge in [0.15, 0.2) is 0 Å². The lowest BCUT2D eigenvalue weighted by molar-refractivity contribution is -0.145. The summed E-state index contributed by atoms with van der Waals surface area (Å²) in [7, 11) is 0. The summed E-state index contributed by atoms with van der Waals surface area (Å²) in [5.41, 5.74) is 0. The van der Waals surface area contributed by atoms with Crippen molar-refractivity contribution in [3.05, 3.63) is 12.7 Å². The van der Waals surface area contributed by atoms with Gasteiger partial charge in [0.25, 0.3) is 0 Å². The molecular formula is C12H20O3. The Morgan fingerprint density at radius 3 is 3.00 bits per heavy atom. The summed E-state index contributed by atoms with van der Waals surface area (Å²) in [5.74, 6) is -0.336. The van der Waals surface area contributed by atoms with Crippen molar-refractivity contribution in [1.82, 2.24) is 0 Å². The lowest BCUT2D eigenvalue weighted by Gasteiger charge is -2.26. The Bertz CT molecular complexity index is 207. The zero-order valence-corrected chi connectivity index (χ0v) is 9.41. The molecule has 15 heavy (non-hydrogen) atoms. The molecule has 0 aromatic heterocycles. The Morgan fingerprint density at radius 2 is 2.47 bits per heavy atom. The first-order valence-corrected chi connectivity index (χ1v) is 5.71. The summed E-state index contributed by atoms with van der Waals surface area (Å²) in [6.07, 6.45) is 6.55. The highest BCUT2D eigenvalue weighted by Crippen LogP contribution is 2.19. The molecule has 0 saturated carbocycles. The fourth-order valence-corrected chi connectivity index (χ4v) is 1.80. The van der Waals surface area contributed by atoms with Crippen molar-refractivity contribution < 1.29 is 14.3 Å². The van der Waals surface area contributed by atoms with Gasteiger partial charge in [-0.3, -0.25) is 0 Å². The average Bonchev–Trinajstić information content (AvgIpc) is 2.29. The molecule has 1 rings (SSSR count). The lowest BCUT2D eigenvalue weighted by Crippen LogP contribution is -2.27. The van der Waals surface area contributed by atoms with Crippen LogP contribution in [0, 0.1) is 0 Å². The quantitative estimate of drug-likeness (QED) is 0.518. The van der Waals surface area contributed by atoms with Gasteiger partial charge in [0.1, 0.15) is 6.10 Å². The molecule has 2 atom stereocenters. The zero-order valence-electron chi connectivity index (χ0n) is 9.41. The van der Waals surface area contributed by atoms with Gasteiger partial charge in [-0.15, -0.1) is 0 Å². The van der Waals surface area contributed by atoms with E-state index in [1.165, 1.54) is 12.5 Å². The third kappa shape index (κ3) is 4.47. The smallest absolute Gasteiger partial charge is 0.330 e. The number of hydrogen-bond donors (Lipinski definition) is 0. The van der Waals surface area contributed by atoms with Crippen LogP contribution in [0.25, 0.3) is 0 Å². The molecule has 1 aliphatic heterocycles. The Hall–Kier alpha value is -0.830. The second-order valence-electron chi connectivity index (χ2n) is 3.90. The molecule has 0 aromatic rings. The zero-order chi connectivity index (χ0) is 11.1. The van der Waals surface area contributed by atoms with Gasteiger partial charge in [-0.2, -0.15) is 0 Å². The largest absolute Gasteiger partial charge is 0.459 e. The average molecular weight is 212 g/mol. The van der Waals surface area contributed by atoms with Gasteiger partial charge in [0.2, 0.25) is 0 Å². The van der Waals surface area contributed by atoms with E-state index in [4.69, 9.17) is 9.47 Å². The fourth-order valence-electron chi connectivity index (χ4n) is 1.80. The van der Waals surface area contributed by atoms with Gasteiger partial charge in [-0.05, 0) is 25.7 Å². The monoisotopic (exact) mass is 212 g/mol. The van der Waals surface area contributed by atoms with Crippen LogP contribution in [0.5, 0.6) is 0 Å². The summed E-state index contributed by atoms with van der Waals surface area (Å²) in [5, 5.41) is 0. The summed E-state index contributed by atoms with van der Waals surface area (Å²) >= 11 is 0. The van der Waals surface area contributed by atoms with Gasteiger partial charge < -0.3 is 9.47 Å². The number of esters is 1. The molecule has 86 valence electrons.